The average Bonchev–Trinajstić information content (AvgIpc) is 2.82. The summed E-state index contributed by atoms with van der Waals surface area (Å²) in [4.78, 5) is 32.5. The predicted molar refractivity (Wildman–Crippen MR) is 117 cm³/mol. The Balaban J connectivity index is 3.15. The van der Waals surface area contributed by atoms with Gasteiger partial charge in [-0.05, 0) is 0 Å². The first-order valence-electron chi connectivity index (χ1n) is 11.0. The van der Waals surface area contributed by atoms with Crippen molar-refractivity contribution in [1.82, 2.24) is 0 Å². The molecule has 0 amide bonds. The van der Waals surface area contributed by atoms with Gasteiger partial charge >= 0.3 is 11.9 Å². The van der Waals surface area contributed by atoms with E-state index in [4.69, 9.17) is 49.4 Å². The van der Waals surface area contributed by atoms with E-state index in [0.717, 1.165) is 0 Å². The van der Waals surface area contributed by atoms with E-state index in [1.165, 1.54) is 0 Å². The molecule has 0 spiro atoms. The van der Waals surface area contributed by atoms with Crippen LogP contribution in [-0.4, -0.2) is 122 Å². The van der Waals surface area contributed by atoms with Gasteiger partial charge in [0.25, 0.3) is 0 Å². The summed E-state index contributed by atoms with van der Waals surface area (Å²) in [5.41, 5.74) is 0. The number of ketones is 1. The Kier molecular flexibility index (Phi) is 23.9. The molecule has 0 aromatic heterocycles. The zero-order valence-corrected chi connectivity index (χ0v) is 19.5. The monoisotopic (exact) mass is 492 g/mol. The molecule has 0 saturated carbocycles. The molecule has 1 N–H and O–H groups in total. The maximum Gasteiger partial charge on any atom is 0.372 e. The average molecular weight is 493 g/mol. The molecule has 0 saturated heterocycles. The molecule has 0 aliphatic heterocycles. The van der Waals surface area contributed by atoms with Crippen LogP contribution in [0.4, 0.5) is 0 Å². The number of terminal acetylenes is 1. The van der Waals surface area contributed by atoms with Gasteiger partial charge < -0.3 is 43.0 Å². The van der Waals surface area contributed by atoms with Crippen molar-refractivity contribution in [3.8, 4) is 12.3 Å². The molecule has 0 unspecified atom stereocenters. The molecule has 0 bridgehead atoms. The third kappa shape index (κ3) is 24.5. The van der Waals surface area contributed by atoms with Crippen LogP contribution in [0.25, 0.3) is 0 Å². The van der Waals surface area contributed by atoms with Crippen LogP contribution < -0.4 is 0 Å². The number of Topliss-reactive ketones (excluding diaryl/α,β-unsaturated/α-hetero) is 1. The summed E-state index contributed by atoms with van der Waals surface area (Å²) in [5.74, 6) is -0.856. The van der Waals surface area contributed by atoms with E-state index in [9.17, 15) is 14.4 Å². The molecule has 0 aliphatic carbocycles. The van der Waals surface area contributed by atoms with E-state index in [0.29, 0.717) is 85.9 Å². The predicted octanol–water partition coefficient (Wildman–Crippen LogP) is -0.287. The van der Waals surface area contributed by atoms with Gasteiger partial charge in [0.1, 0.15) is 13.2 Å². The number of hydrogen-bond donors (Lipinski definition) is 1. The molecule has 12 heteroatoms. The normalized spacial score (nSPS) is 10.7. The first-order valence-corrected chi connectivity index (χ1v) is 11.0. The summed E-state index contributed by atoms with van der Waals surface area (Å²) in [6.45, 7) is 5.78. The minimum atomic E-state index is -1.56. The second-order valence-corrected chi connectivity index (χ2v) is 6.38. The summed E-state index contributed by atoms with van der Waals surface area (Å²) >= 11 is 0. The lowest BCUT2D eigenvalue weighted by Crippen LogP contribution is -2.17. The number of carbonyl (C=O) groups excluding carboxylic acids is 2. The van der Waals surface area contributed by atoms with E-state index < -0.39 is 17.7 Å². The maximum absolute atomic E-state index is 11.3. The Hall–Kier alpha value is -2.11. The Morgan fingerprint density at radius 2 is 0.912 bits per heavy atom. The number of carbonyl (C=O) groups is 3. The van der Waals surface area contributed by atoms with Crippen LogP contribution in [0.2, 0.25) is 0 Å². The lowest BCUT2D eigenvalue weighted by atomic mass is 10.2. The number of carboxylic acids is 1. The van der Waals surface area contributed by atoms with Crippen molar-refractivity contribution >= 4 is 17.7 Å². The standard InChI is InChI=1S/C22H36O12/c1-2-5-27-6-7-28-8-9-29-10-11-30-12-13-31-14-15-32-16-17-33-18-19-34-21(24)4-3-20(23)22(25)26/h1H,3-19H2,(H,25,26). The Labute approximate surface area is 200 Å². The van der Waals surface area contributed by atoms with Crippen molar-refractivity contribution in [1.29, 1.82) is 0 Å². The maximum atomic E-state index is 11.3. The minimum absolute atomic E-state index is 0.0190. The molecule has 196 valence electrons. The van der Waals surface area contributed by atoms with Gasteiger partial charge in [-0.2, -0.15) is 0 Å². The van der Waals surface area contributed by atoms with E-state index in [1.807, 2.05) is 0 Å². The van der Waals surface area contributed by atoms with E-state index in [-0.39, 0.29) is 26.1 Å². The zero-order chi connectivity index (χ0) is 25.1. The fourth-order valence-electron chi connectivity index (χ4n) is 2.06. The van der Waals surface area contributed by atoms with Gasteiger partial charge in [-0.25, -0.2) is 4.79 Å². The smallest absolute Gasteiger partial charge is 0.372 e. The van der Waals surface area contributed by atoms with Crippen molar-refractivity contribution in [2.24, 2.45) is 0 Å². The first-order chi connectivity index (χ1) is 16.6. The van der Waals surface area contributed by atoms with Crippen molar-refractivity contribution < 1.29 is 57.4 Å². The highest BCUT2D eigenvalue weighted by molar-refractivity contribution is 6.32. The molecule has 0 radical (unpaired) electrons. The highest BCUT2D eigenvalue weighted by atomic mass is 16.6. The third-order valence-electron chi connectivity index (χ3n) is 3.70. The van der Waals surface area contributed by atoms with Crippen LogP contribution in [0.1, 0.15) is 12.8 Å². The van der Waals surface area contributed by atoms with Crippen LogP contribution >= 0.6 is 0 Å². The van der Waals surface area contributed by atoms with Gasteiger partial charge in [-0.1, -0.05) is 5.92 Å². The lowest BCUT2D eigenvalue weighted by molar-refractivity contribution is -0.151. The largest absolute Gasteiger partial charge is 0.476 e. The second-order valence-electron chi connectivity index (χ2n) is 6.38. The van der Waals surface area contributed by atoms with Crippen LogP contribution in [0.3, 0.4) is 0 Å². The van der Waals surface area contributed by atoms with Crippen molar-refractivity contribution in [3.63, 3.8) is 0 Å². The lowest BCUT2D eigenvalue weighted by Gasteiger charge is -2.08. The third-order valence-corrected chi connectivity index (χ3v) is 3.70. The number of esters is 1. The van der Waals surface area contributed by atoms with Gasteiger partial charge in [0.15, 0.2) is 0 Å². The SMILES string of the molecule is C#CCOCCOCCOCCOCCOCCOCCOCCOC(=O)CCC(=O)C(=O)O. The zero-order valence-electron chi connectivity index (χ0n) is 19.5. The van der Waals surface area contributed by atoms with Gasteiger partial charge in [0.05, 0.1) is 92.3 Å². The molecular formula is C22H36O12. The summed E-state index contributed by atoms with van der Waals surface area (Å²) in [6, 6.07) is 0. The van der Waals surface area contributed by atoms with Crippen LogP contribution in [0.5, 0.6) is 0 Å². The Morgan fingerprint density at radius 3 is 1.26 bits per heavy atom. The van der Waals surface area contributed by atoms with Gasteiger partial charge in [0.2, 0.25) is 5.78 Å². The van der Waals surface area contributed by atoms with E-state index in [2.05, 4.69) is 5.92 Å². The van der Waals surface area contributed by atoms with Gasteiger partial charge in [-0.3, -0.25) is 9.59 Å². The molecule has 0 rings (SSSR count). The minimum Gasteiger partial charge on any atom is -0.476 e. The molecule has 34 heavy (non-hydrogen) atoms. The van der Waals surface area contributed by atoms with E-state index in [1.54, 1.807) is 0 Å². The topological polar surface area (TPSA) is 145 Å². The van der Waals surface area contributed by atoms with Gasteiger partial charge in [-0.15, -0.1) is 6.42 Å². The molecule has 0 heterocycles. The second kappa shape index (κ2) is 25.5. The quantitative estimate of drug-likeness (QED) is 0.0733. The summed E-state index contributed by atoms with van der Waals surface area (Å²) in [7, 11) is 0. The number of carboxylic acid groups (broad SMARTS) is 1. The highest BCUT2D eigenvalue weighted by Crippen LogP contribution is 1.95. The molecular weight excluding hydrogens is 456 g/mol. The summed E-state index contributed by atoms with van der Waals surface area (Å²) < 4.78 is 41.8. The first kappa shape index (κ1) is 31.9. The molecule has 0 aromatic carbocycles. The summed E-state index contributed by atoms with van der Waals surface area (Å²) in [6.07, 6.45) is 4.40. The fourth-order valence-corrected chi connectivity index (χ4v) is 2.06. The number of hydrogen-bond acceptors (Lipinski definition) is 11. The van der Waals surface area contributed by atoms with Crippen LogP contribution in [-0.2, 0) is 52.3 Å². The summed E-state index contributed by atoms with van der Waals surface area (Å²) in [5, 5.41) is 8.40. The number of rotatable bonds is 26. The Morgan fingerprint density at radius 1 is 0.559 bits per heavy atom. The van der Waals surface area contributed by atoms with Crippen LogP contribution in [0, 0.1) is 12.3 Å². The fraction of sp³-hybridized carbons (Fsp3) is 0.773. The van der Waals surface area contributed by atoms with E-state index >= 15 is 0 Å². The highest BCUT2D eigenvalue weighted by Gasteiger charge is 2.14. The van der Waals surface area contributed by atoms with Crippen molar-refractivity contribution in [3.05, 3.63) is 0 Å². The number of ether oxygens (including phenoxy) is 8. The van der Waals surface area contributed by atoms with Crippen molar-refractivity contribution in [2.75, 3.05) is 99.1 Å². The Bertz CT molecular complexity index is 561. The molecule has 0 aliphatic rings. The molecule has 0 aromatic rings. The van der Waals surface area contributed by atoms with Gasteiger partial charge in [0, 0.05) is 6.42 Å². The van der Waals surface area contributed by atoms with Crippen LogP contribution in [0.15, 0.2) is 0 Å². The molecule has 0 atom stereocenters. The molecule has 0 fully saturated rings. The van der Waals surface area contributed by atoms with Crippen molar-refractivity contribution in [2.45, 2.75) is 12.8 Å². The molecule has 12 nitrogen and oxygen atoms in total. The number of aliphatic carboxylic acids is 1.